The van der Waals surface area contributed by atoms with Crippen LogP contribution in [0.15, 0.2) is 36.5 Å². The fourth-order valence-electron chi connectivity index (χ4n) is 1.18. The molecule has 0 aliphatic carbocycles. The molecule has 2 nitrogen and oxygen atoms in total. The van der Waals surface area contributed by atoms with Crippen LogP contribution in [0.25, 0.3) is 11.4 Å². The van der Waals surface area contributed by atoms with Gasteiger partial charge in [0.05, 0.1) is 0 Å². The molecule has 0 saturated heterocycles. The maximum atomic E-state index is 12.4. The lowest BCUT2D eigenvalue weighted by atomic mass is 10.2. The lowest BCUT2D eigenvalue weighted by Gasteiger charge is -2.06. The summed E-state index contributed by atoms with van der Waals surface area (Å²) in [5.74, 6) is 0.0235. The van der Waals surface area contributed by atoms with Crippen molar-refractivity contribution in [3.05, 3.63) is 48.3 Å². The van der Waals surface area contributed by atoms with Gasteiger partial charge in [-0.3, -0.25) is 0 Å². The Bertz CT molecular complexity index is 480. The fraction of sp³-hybridized carbons (Fsp3) is 0.0909. The van der Waals surface area contributed by atoms with Crippen LogP contribution in [0, 0.1) is 6.07 Å². The molecule has 1 radical (unpaired) electrons. The molecule has 2 rings (SSSR count). The van der Waals surface area contributed by atoms with E-state index in [1.54, 1.807) is 24.3 Å². The Morgan fingerprint density at radius 3 is 2.56 bits per heavy atom. The lowest BCUT2D eigenvalue weighted by molar-refractivity contribution is -0.141. The van der Waals surface area contributed by atoms with Crippen LogP contribution in [0.3, 0.4) is 0 Å². The minimum absolute atomic E-state index is 0.0235. The Kier molecular flexibility index (Phi) is 2.60. The van der Waals surface area contributed by atoms with E-state index in [-0.39, 0.29) is 5.82 Å². The maximum absolute atomic E-state index is 12.4. The second-order valence-corrected chi connectivity index (χ2v) is 3.04. The smallest absolute Gasteiger partial charge is 0.237 e. The van der Waals surface area contributed by atoms with Gasteiger partial charge in [0.15, 0.2) is 5.82 Å². The zero-order chi connectivity index (χ0) is 11.6. The molecule has 0 fully saturated rings. The van der Waals surface area contributed by atoms with Crippen molar-refractivity contribution in [1.29, 1.82) is 0 Å². The molecule has 1 aromatic carbocycles. The summed E-state index contributed by atoms with van der Waals surface area (Å²) in [5.41, 5.74) is -0.511. The molecule has 0 unspecified atom stereocenters. The highest BCUT2D eigenvalue weighted by atomic mass is 19.4. The molecule has 0 spiro atoms. The number of rotatable bonds is 1. The SMILES string of the molecule is FC(F)(F)c1ccnc(-c2[c]cccc2)n1. The second kappa shape index (κ2) is 3.92. The number of nitrogens with zero attached hydrogens (tertiary/aromatic N) is 2. The molecule has 0 N–H and O–H groups in total. The van der Waals surface area contributed by atoms with Gasteiger partial charge in [0.2, 0.25) is 0 Å². The van der Waals surface area contributed by atoms with Crippen LogP contribution in [-0.4, -0.2) is 9.97 Å². The summed E-state index contributed by atoms with van der Waals surface area (Å²) in [6.07, 6.45) is -3.36. The molecule has 0 aliphatic heterocycles. The zero-order valence-electron chi connectivity index (χ0n) is 7.99. The lowest BCUT2D eigenvalue weighted by Crippen LogP contribution is -2.08. The minimum atomic E-state index is -4.45. The first-order chi connectivity index (χ1) is 7.57. The second-order valence-electron chi connectivity index (χ2n) is 3.04. The molecule has 0 bridgehead atoms. The first-order valence-electron chi connectivity index (χ1n) is 4.45. The van der Waals surface area contributed by atoms with Gasteiger partial charge < -0.3 is 0 Å². The Hall–Kier alpha value is -1.91. The van der Waals surface area contributed by atoms with Gasteiger partial charge in [0.25, 0.3) is 0 Å². The predicted octanol–water partition coefficient (Wildman–Crippen LogP) is 2.96. The summed E-state index contributed by atoms with van der Waals surface area (Å²) in [6.45, 7) is 0. The Morgan fingerprint density at radius 2 is 1.94 bits per heavy atom. The van der Waals surface area contributed by atoms with E-state index in [0.717, 1.165) is 12.3 Å². The van der Waals surface area contributed by atoms with Crippen molar-refractivity contribution in [1.82, 2.24) is 9.97 Å². The van der Waals surface area contributed by atoms with E-state index in [2.05, 4.69) is 16.0 Å². The Balaban J connectivity index is 2.45. The van der Waals surface area contributed by atoms with Crippen molar-refractivity contribution in [2.45, 2.75) is 6.18 Å². The van der Waals surface area contributed by atoms with E-state index < -0.39 is 11.9 Å². The van der Waals surface area contributed by atoms with E-state index >= 15 is 0 Å². The molecule has 81 valence electrons. The number of hydrogen-bond acceptors (Lipinski definition) is 2. The molecule has 16 heavy (non-hydrogen) atoms. The summed E-state index contributed by atoms with van der Waals surface area (Å²) >= 11 is 0. The minimum Gasteiger partial charge on any atom is -0.237 e. The number of alkyl halides is 3. The summed E-state index contributed by atoms with van der Waals surface area (Å²) in [6, 6.07) is 10.2. The molecule has 0 saturated carbocycles. The molecule has 1 aromatic heterocycles. The van der Waals surface area contributed by atoms with Gasteiger partial charge in [0.1, 0.15) is 5.69 Å². The third kappa shape index (κ3) is 2.18. The highest BCUT2D eigenvalue weighted by molar-refractivity contribution is 5.53. The fourth-order valence-corrected chi connectivity index (χ4v) is 1.18. The molecule has 2 aromatic rings. The standard InChI is InChI=1S/C11H6F3N2/c12-11(13,14)9-6-7-15-10(16-9)8-4-2-1-3-5-8/h1-4,6-7H. The Morgan fingerprint density at radius 1 is 1.12 bits per heavy atom. The maximum Gasteiger partial charge on any atom is 0.433 e. The summed E-state index contributed by atoms with van der Waals surface area (Å²) < 4.78 is 37.1. The third-order valence-corrected chi connectivity index (χ3v) is 1.90. The van der Waals surface area contributed by atoms with Gasteiger partial charge in [-0.15, -0.1) is 0 Å². The molecule has 0 aliphatic rings. The summed E-state index contributed by atoms with van der Waals surface area (Å²) in [5, 5.41) is 0. The summed E-state index contributed by atoms with van der Waals surface area (Å²) in [4.78, 5) is 7.23. The first-order valence-corrected chi connectivity index (χ1v) is 4.45. The summed E-state index contributed by atoms with van der Waals surface area (Å²) in [7, 11) is 0. The topological polar surface area (TPSA) is 25.8 Å². The van der Waals surface area contributed by atoms with E-state index in [4.69, 9.17) is 0 Å². The van der Waals surface area contributed by atoms with Crippen LogP contribution in [0.1, 0.15) is 5.69 Å². The number of halogens is 3. The first kappa shape index (κ1) is 10.6. The van der Waals surface area contributed by atoms with Crippen molar-refractivity contribution >= 4 is 0 Å². The van der Waals surface area contributed by atoms with Crippen molar-refractivity contribution in [3.8, 4) is 11.4 Å². The van der Waals surface area contributed by atoms with Crippen molar-refractivity contribution in [2.24, 2.45) is 0 Å². The molecular formula is C11H6F3N2. The molecule has 5 heteroatoms. The molecule has 0 atom stereocenters. The highest BCUT2D eigenvalue weighted by Crippen LogP contribution is 2.28. The zero-order valence-corrected chi connectivity index (χ0v) is 7.99. The number of aromatic nitrogens is 2. The van der Waals surface area contributed by atoms with Crippen LogP contribution >= 0.6 is 0 Å². The van der Waals surface area contributed by atoms with Gasteiger partial charge in [-0.05, 0) is 12.1 Å². The van der Waals surface area contributed by atoms with Crippen LogP contribution in [0.4, 0.5) is 13.2 Å². The molecule has 1 heterocycles. The van der Waals surface area contributed by atoms with E-state index in [0.29, 0.717) is 5.56 Å². The van der Waals surface area contributed by atoms with Crippen molar-refractivity contribution in [3.63, 3.8) is 0 Å². The largest absolute Gasteiger partial charge is 0.433 e. The van der Waals surface area contributed by atoms with Crippen LogP contribution < -0.4 is 0 Å². The molecular weight excluding hydrogens is 217 g/mol. The van der Waals surface area contributed by atoms with Crippen molar-refractivity contribution < 1.29 is 13.2 Å². The van der Waals surface area contributed by atoms with Crippen molar-refractivity contribution in [2.75, 3.05) is 0 Å². The number of benzene rings is 1. The van der Waals surface area contributed by atoms with Gasteiger partial charge in [-0.25, -0.2) is 9.97 Å². The third-order valence-electron chi connectivity index (χ3n) is 1.90. The monoisotopic (exact) mass is 223 g/mol. The van der Waals surface area contributed by atoms with E-state index in [1.165, 1.54) is 0 Å². The van der Waals surface area contributed by atoms with E-state index in [1.807, 2.05) is 0 Å². The van der Waals surface area contributed by atoms with Gasteiger partial charge in [-0.2, -0.15) is 13.2 Å². The predicted molar refractivity (Wildman–Crippen MR) is 51.3 cm³/mol. The average Bonchev–Trinajstić information content (AvgIpc) is 2.29. The van der Waals surface area contributed by atoms with Gasteiger partial charge in [0, 0.05) is 11.8 Å². The van der Waals surface area contributed by atoms with Crippen LogP contribution in [-0.2, 0) is 6.18 Å². The highest BCUT2D eigenvalue weighted by Gasteiger charge is 2.32. The normalized spacial score (nSPS) is 11.4. The van der Waals surface area contributed by atoms with E-state index in [9.17, 15) is 13.2 Å². The molecule has 0 amide bonds. The average molecular weight is 223 g/mol. The van der Waals surface area contributed by atoms with Gasteiger partial charge >= 0.3 is 6.18 Å². The van der Waals surface area contributed by atoms with Gasteiger partial charge in [-0.1, -0.05) is 24.3 Å². The van der Waals surface area contributed by atoms with Crippen LogP contribution in [0.5, 0.6) is 0 Å². The number of hydrogen-bond donors (Lipinski definition) is 0. The quantitative estimate of drug-likeness (QED) is 0.742. The van der Waals surface area contributed by atoms with Crippen LogP contribution in [0.2, 0.25) is 0 Å². The Labute approximate surface area is 89.8 Å².